The van der Waals surface area contributed by atoms with E-state index >= 15 is 0 Å². The molecule has 0 radical (unpaired) electrons. The molecule has 3 aromatic rings. The smallest absolute Gasteiger partial charge is 0.353 e. The SMILES string of the molecule is Cc1ccc(S(=O)(=O)n2c(C(=O)O)cc3c(Cl)ncnc32)cc1. The molecule has 1 N–H and O–H groups in total. The standard InChI is InChI=1S/C14H10ClN3O4S/c1-8-2-4-9(5-3-8)23(21,22)18-11(14(19)20)6-10-12(15)16-7-17-13(10)18/h2-7H,1H3,(H,19,20). The lowest BCUT2D eigenvalue weighted by Crippen LogP contribution is -2.18. The molecule has 118 valence electrons. The Labute approximate surface area is 136 Å². The molecule has 0 aliphatic carbocycles. The van der Waals surface area contributed by atoms with Gasteiger partial charge in [0.25, 0.3) is 10.0 Å². The van der Waals surface area contributed by atoms with Gasteiger partial charge in [0, 0.05) is 0 Å². The number of benzene rings is 1. The van der Waals surface area contributed by atoms with Gasteiger partial charge < -0.3 is 5.11 Å². The number of fused-ring (bicyclic) bond motifs is 1. The lowest BCUT2D eigenvalue weighted by atomic mass is 10.2. The molecule has 0 bridgehead atoms. The Kier molecular flexibility index (Phi) is 3.57. The molecule has 0 saturated heterocycles. The van der Waals surface area contributed by atoms with E-state index in [2.05, 4.69) is 9.97 Å². The van der Waals surface area contributed by atoms with Gasteiger partial charge in [0.15, 0.2) is 5.65 Å². The fourth-order valence-electron chi connectivity index (χ4n) is 2.17. The highest BCUT2D eigenvalue weighted by molar-refractivity contribution is 7.90. The van der Waals surface area contributed by atoms with Crippen LogP contribution in [-0.2, 0) is 10.0 Å². The summed E-state index contributed by atoms with van der Waals surface area (Å²) >= 11 is 5.91. The second-order valence-corrected chi connectivity index (χ2v) is 6.96. The Bertz CT molecular complexity index is 1030. The molecular weight excluding hydrogens is 342 g/mol. The summed E-state index contributed by atoms with van der Waals surface area (Å²) in [7, 11) is -4.14. The zero-order valence-electron chi connectivity index (χ0n) is 11.8. The lowest BCUT2D eigenvalue weighted by Gasteiger charge is -2.09. The summed E-state index contributed by atoms with van der Waals surface area (Å²) < 4.78 is 26.4. The average Bonchev–Trinajstić information content (AvgIpc) is 2.89. The summed E-state index contributed by atoms with van der Waals surface area (Å²) in [5.74, 6) is -1.41. The van der Waals surface area contributed by atoms with E-state index in [0.717, 1.165) is 18.0 Å². The average molecular weight is 352 g/mol. The molecule has 23 heavy (non-hydrogen) atoms. The van der Waals surface area contributed by atoms with Crippen LogP contribution in [0.15, 0.2) is 41.6 Å². The van der Waals surface area contributed by atoms with Crippen LogP contribution in [-0.4, -0.2) is 33.4 Å². The van der Waals surface area contributed by atoms with E-state index in [1.165, 1.54) is 12.1 Å². The number of rotatable bonds is 3. The van der Waals surface area contributed by atoms with Crippen molar-refractivity contribution in [2.75, 3.05) is 0 Å². The van der Waals surface area contributed by atoms with Gasteiger partial charge in [0.2, 0.25) is 0 Å². The first-order valence-corrected chi connectivity index (χ1v) is 8.21. The molecule has 0 atom stereocenters. The maximum absolute atomic E-state index is 12.9. The number of carbonyl (C=O) groups is 1. The van der Waals surface area contributed by atoms with Gasteiger partial charge in [0.05, 0.1) is 10.3 Å². The number of carboxylic acid groups (broad SMARTS) is 1. The molecule has 0 amide bonds. The van der Waals surface area contributed by atoms with E-state index in [0.29, 0.717) is 3.97 Å². The topological polar surface area (TPSA) is 102 Å². The predicted molar refractivity (Wildman–Crippen MR) is 83.3 cm³/mol. The van der Waals surface area contributed by atoms with Crippen molar-refractivity contribution in [3.05, 3.63) is 53.1 Å². The molecule has 7 nitrogen and oxygen atoms in total. The number of hydrogen-bond acceptors (Lipinski definition) is 5. The van der Waals surface area contributed by atoms with Gasteiger partial charge in [-0.1, -0.05) is 29.3 Å². The molecular formula is C14H10ClN3O4S. The summed E-state index contributed by atoms with van der Waals surface area (Å²) in [5, 5.41) is 9.47. The molecule has 3 rings (SSSR count). The summed E-state index contributed by atoms with van der Waals surface area (Å²) in [6.07, 6.45) is 1.08. The summed E-state index contributed by atoms with van der Waals surface area (Å²) in [6.45, 7) is 1.82. The Morgan fingerprint density at radius 1 is 1.22 bits per heavy atom. The van der Waals surface area contributed by atoms with Gasteiger partial charge in [0.1, 0.15) is 17.2 Å². The van der Waals surface area contributed by atoms with Gasteiger partial charge in [-0.25, -0.2) is 27.2 Å². The fourth-order valence-corrected chi connectivity index (χ4v) is 3.80. The molecule has 0 fully saturated rings. The van der Waals surface area contributed by atoms with Crippen LogP contribution in [0, 0.1) is 6.92 Å². The van der Waals surface area contributed by atoms with Crippen molar-refractivity contribution in [1.82, 2.24) is 13.9 Å². The predicted octanol–water partition coefficient (Wildman–Crippen LogP) is 2.33. The molecule has 1 aromatic carbocycles. The van der Waals surface area contributed by atoms with Crippen LogP contribution in [0.5, 0.6) is 0 Å². The maximum Gasteiger partial charge on any atom is 0.353 e. The molecule has 9 heteroatoms. The van der Waals surface area contributed by atoms with Crippen LogP contribution in [0.25, 0.3) is 11.0 Å². The molecule has 0 aliphatic heterocycles. The Hall–Kier alpha value is -2.45. The normalized spacial score (nSPS) is 11.7. The first-order valence-electron chi connectivity index (χ1n) is 6.40. The third-order valence-electron chi connectivity index (χ3n) is 3.28. The van der Waals surface area contributed by atoms with Gasteiger partial charge in [-0.15, -0.1) is 0 Å². The van der Waals surface area contributed by atoms with Crippen LogP contribution in [0.4, 0.5) is 0 Å². The first kappa shape index (κ1) is 15.4. The second kappa shape index (κ2) is 5.32. The summed E-state index contributed by atoms with van der Waals surface area (Å²) in [4.78, 5) is 19.0. The number of halogens is 1. The Morgan fingerprint density at radius 3 is 2.48 bits per heavy atom. The molecule has 0 spiro atoms. The quantitative estimate of drug-likeness (QED) is 0.726. The van der Waals surface area contributed by atoms with Crippen LogP contribution < -0.4 is 0 Å². The number of nitrogens with zero attached hydrogens (tertiary/aromatic N) is 3. The minimum Gasteiger partial charge on any atom is -0.477 e. The summed E-state index contributed by atoms with van der Waals surface area (Å²) in [6, 6.07) is 7.21. The molecule has 2 aromatic heterocycles. The number of aromatic nitrogens is 3. The van der Waals surface area contributed by atoms with Crippen molar-refractivity contribution in [1.29, 1.82) is 0 Å². The first-order chi connectivity index (χ1) is 10.8. The third-order valence-corrected chi connectivity index (χ3v) is 5.30. The van der Waals surface area contributed by atoms with E-state index in [1.54, 1.807) is 12.1 Å². The van der Waals surface area contributed by atoms with Crippen molar-refractivity contribution >= 4 is 38.6 Å². The summed E-state index contributed by atoms with van der Waals surface area (Å²) in [5.41, 5.74) is 0.344. The van der Waals surface area contributed by atoms with Gasteiger partial charge in [-0.05, 0) is 25.1 Å². The minimum absolute atomic E-state index is 0.0182. The molecule has 0 saturated carbocycles. The molecule has 0 unspecified atom stereocenters. The van der Waals surface area contributed by atoms with E-state index in [4.69, 9.17) is 11.6 Å². The highest BCUT2D eigenvalue weighted by Gasteiger charge is 2.28. The maximum atomic E-state index is 12.9. The van der Waals surface area contributed by atoms with Crippen molar-refractivity contribution < 1.29 is 18.3 Å². The molecule has 0 aliphatic rings. The van der Waals surface area contributed by atoms with Crippen LogP contribution >= 0.6 is 11.6 Å². The van der Waals surface area contributed by atoms with E-state index < -0.39 is 21.7 Å². The highest BCUT2D eigenvalue weighted by atomic mass is 35.5. The number of aryl methyl sites for hydroxylation is 1. The van der Waals surface area contributed by atoms with Gasteiger partial charge in [-0.2, -0.15) is 0 Å². The van der Waals surface area contributed by atoms with E-state index in [-0.39, 0.29) is 21.1 Å². The molecule has 2 heterocycles. The van der Waals surface area contributed by atoms with Crippen LogP contribution in [0.2, 0.25) is 5.15 Å². The Balaban J connectivity index is 2.38. The third kappa shape index (κ3) is 2.45. The monoisotopic (exact) mass is 351 g/mol. The number of aromatic carboxylic acids is 1. The van der Waals surface area contributed by atoms with Crippen molar-refractivity contribution in [2.45, 2.75) is 11.8 Å². The van der Waals surface area contributed by atoms with E-state index in [1.807, 2.05) is 6.92 Å². The number of hydrogen-bond donors (Lipinski definition) is 1. The van der Waals surface area contributed by atoms with E-state index in [9.17, 15) is 18.3 Å². The highest BCUT2D eigenvalue weighted by Crippen LogP contribution is 2.27. The largest absolute Gasteiger partial charge is 0.477 e. The second-order valence-electron chi connectivity index (χ2n) is 4.82. The van der Waals surface area contributed by atoms with Crippen LogP contribution in [0.1, 0.15) is 16.1 Å². The Morgan fingerprint density at radius 2 is 1.87 bits per heavy atom. The zero-order valence-corrected chi connectivity index (χ0v) is 13.3. The minimum atomic E-state index is -4.14. The van der Waals surface area contributed by atoms with Gasteiger partial charge in [-0.3, -0.25) is 0 Å². The van der Waals surface area contributed by atoms with Crippen molar-refractivity contribution in [3.8, 4) is 0 Å². The lowest BCUT2D eigenvalue weighted by molar-refractivity contribution is 0.0689. The van der Waals surface area contributed by atoms with Crippen molar-refractivity contribution in [2.24, 2.45) is 0 Å². The van der Waals surface area contributed by atoms with Crippen molar-refractivity contribution in [3.63, 3.8) is 0 Å². The van der Waals surface area contributed by atoms with Crippen LogP contribution in [0.3, 0.4) is 0 Å². The van der Waals surface area contributed by atoms with Gasteiger partial charge >= 0.3 is 5.97 Å². The zero-order chi connectivity index (χ0) is 16.8. The fraction of sp³-hybridized carbons (Fsp3) is 0.0714. The number of carboxylic acids is 1.